The Morgan fingerprint density at radius 1 is 0.359 bits per heavy atom. The van der Waals surface area contributed by atoms with Gasteiger partial charge in [0.1, 0.15) is 0 Å². The summed E-state index contributed by atoms with van der Waals surface area (Å²) in [5.74, 6) is -4.40. The van der Waals surface area contributed by atoms with Crippen molar-refractivity contribution < 1.29 is 13.8 Å². The fourth-order valence-electron chi connectivity index (χ4n) is 7.48. The Kier molecular flexibility index (Phi) is 9.02. The molecule has 0 aromatic heterocycles. The summed E-state index contributed by atoms with van der Waals surface area (Å²) >= 11 is 1.85. The second-order valence-electron chi connectivity index (χ2n) is 11.6. The second kappa shape index (κ2) is 12.8. The van der Waals surface area contributed by atoms with Gasteiger partial charge < -0.3 is 0 Å². The van der Waals surface area contributed by atoms with Gasteiger partial charge in [-0.3, -0.25) is 0 Å². The molecule has 0 saturated heterocycles. The zero-order valence-corrected chi connectivity index (χ0v) is 26.1. The summed E-state index contributed by atoms with van der Waals surface area (Å²) in [6.45, 7) is 0. The van der Waals surface area contributed by atoms with Gasteiger partial charge >= 0.3 is 244 Å². The molecule has 0 radical (unpaired) electrons. The number of hydrogen-bond acceptors (Lipinski definition) is 0. The molecule has 0 atom stereocenters. The normalized spacial score (nSPS) is 18.6. The van der Waals surface area contributed by atoms with Crippen LogP contribution in [-0.2, 0) is 13.8 Å². The van der Waals surface area contributed by atoms with E-state index in [-0.39, 0.29) is 0 Å². The zero-order chi connectivity index (χ0) is 26.4. The van der Waals surface area contributed by atoms with Crippen molar-refractivity contribution in [1.29, 1.82) is 0 Å². The van der Waals surface area contributed by atoms with Gasteiger partial charge in [-0.05, 0) is 0 Å². The van der Waals surface area contributed by atoms with Gasteiger partial charge in [0.05, 0.1) is 0 Å². The van der Waals surface area contributed by atoms with Crippen LogP contribution in [0.2, 0.25) is 0 Å². The van der Waals surface area contributed by atoms with Crippen LogP contribution in [0, 0.1) is 0 Å². The monoisotopic (exact) mass is 597 g/mol. The first-order valence-electron chi connectivity index (χ1n) is 15.2. The molecule has 6 rings (SSSR count). The van der Waals surface area contributed by atoms with E-state index in [0.717, 1.165) is 11.3 Å². The van der Waals surface area contributed by atoms with Gasteiger partial charge in [-0.15, -0.1) is 0 Å². The van der Waals surface area contributed by atoms with Crippen LogP contribution in [0.15, 0.2) is 121 Å². The van der Waals surface area contributed by atoms with Gasteiger partial charge in [-0.25, -0.2) is 0 Å². The molecule has 0 N–H and O–H groups in total. The predicted molar refractivity (Wildman–Crippen MR) is 175 cm³/mol. The standard InChI is InChI=1S/2C18H21P.Co/c2*1-4-10-16(11-5-1)19(17-12-6-2-7-13-17)18-14-8-3-9-15-18;/h2*1-2,4-7,10-13,18H,3,8-9,14-15H2;/q;;-2/p+2. The van der Waals surface area contributed by atoms with E-state index < -0.39 is 12.0 Å². The van der Waals surface area contributed by atoms with E-state index in [2.05, 4.69) is 121 Å². The van der Waals surface area contributed by atoms with Crippen molar-refractivity contribution in [3.63, 3.8) is 0 Å². The molecule has 2 aliphatic carbocycles. The fourth-order valence-corrected chi connectivity index (χ4v) is 38.3. The van der Waals surface area contributed by atoms with Gasteiger partial charge in [0, 0.05) is 0 Å². The minimum atomic E-state index is -2.20. The van der Waals surface area contributed by atoms with Crippen LogP contribution < -0.4 is 21.2 Å². The summed E-state index contributed by atoms with van der Waals surface area (Å²) in [6.07, 6.45) is 13.9. The number of benzene rings is 4. The Morgan fingerprint density at radius 3 is 0.872 bits per heavy atom. The maximum absolute atomic E-state index is 2.52. The molecule has 3 heteroatoms. The van der Waals surface area contributed by atoms with Crippen molar-refractivity contribution in [3.8, 4) is 0 Å². The van der Waals surface area contributed by atoms with Crippen LogP contribution in [0.1, 0.15) is 64.2 Å². The Hall–Kier alpha value is -1.75. The van der Waals surface area contributed by atoms with Crippen molar-refractivity contribution >= 4 is 33.2 Å². The van der Waals surface area contributed by atoms with Crippen molar-refractivity contribution in [2.24, 2.45) is 0 Å². The van der Waals surface area contributed by atoms with E-state index in [4.69, 9.17) is 0 Å². The van der Waals surface area contributed by atoms with Gasteiger partial charge in [-0.1, -0.05) is 0 Å². The molecule has 0 nitrogen and oxygen atoms in total. The van der Waals surface area contributed by atoms with E-state index in [0.29, 0.717) is 0 Å². The summed E-state index contributed by atoms with van der Waals surface area (Å²) in [7, 11) is 0. The summed E-state index contributed by atoms with van der Waals surface area (Å²) in [4.78, 5) is 0. The molecular weight excluding hydrogens is 553 g/mol. The van der Waals surface area contributed by atoms with E-state index in [1.165, 1.54) is 64.2 Å². The minimum absolute atomic E-state index is 0.791. The van der Waals surface area contributed by atoms with Crippen molar-refractivity contribution in [3.05, 3.63) is 121 Å². The first kappa shape index (κ1) is 27.4. The van der Waals surface area contributed by atoms with E-state index in [1.807, 2.05) is 13.8 Å². The summed E-state index contributed by atoms with van der Waals surface area (Å²) < 4.78 is 0. The number of rotatable bonds is 8. The fraction of sp³-hybridized carbons (Fsp3) is 0.333. The van der Waals surface area contributed by atoms with Gasteiger partial charge in [0.25, 0.3) is 0 Å². The second-order valence-corrected chi connectivity index (χ2v) is 26.2. The Morgan fingerprint density at radius 2 is 0.615 bits per heavy atom. The summed E-state index contributed by atoms with van der Waals surface area (Å²) in [5.41, 5.74) is 1.58. The Labute approximate surface area is 242 Å². The molecule has 0 aliphatic heterocycles. The molecule has 0 bridgehead atoms. The van der Waals surface area contributed by atoms with Crippen LogP contribution in [0.25, 0.3) is 0 Å². The van der Waals surface area contributed by atoms with Gasteiger partial charge in [0.2, 0.25) is 0 Å². The molecule has 2 saturated carbocycles. The van der Waals surface area contributed by atoms with Crippen LogP contribution >= 0.6 is 12.0 Å². The molecule has 4 aromatic rings. The van der Waals surface area contributed by atoms with Crippen molar-refractivity contribution in [1.82, 2.24) is 0 Å². The molecular formula is C36H44CoP2. The molecule has 0 heterocycles. The van der Waals surface area contributed by atoms with Crippen LogP contribution in [0.4, 0.5) is 0 Å². The Balaban J connectivity index is 1.66. The van der Waals surface area contributed by atoms with Crippen LogP contribution in [-0.4, -0.2) is 11.3 Å². The first-order valence-corrected chi connectivity index (χ1v) is 22.1. The first-order chi connectivity index (χ1) is 19.3. The topological polar surface area (TPSA) is 0 Å². The predicted octanol–water partition coefficient (Wildman–Crippen LogP) is 8.37. The average molecular weight is 598 g/mol. The quantitative estimate of drug-likeness (QED) is 0.179. The van der Waals surface area contributed by atoms with Crippen LogP contribution in [0.3, 0.4) is 0 Å². The number of hydrogen-bond donors (Lipinski definition) is 0. The third-order valence-corrected chi connectivity index (χ3v) is 32.9. The molecule has 4 aromatic carbocycles. The molecule has 0 unspecified atom stereocenters. The zero-order valence-electron chi connectivity index (χ0n) is 23.1. The average Bonchev–Trinajstić information content (AvgIpc) is 3.04. The molecule has 0 amide bonds. The SMILES string of the molecule is c1ccc([PH]([Co][PH](c2ccccc2)(c2ccccc2)C2CCCCC2)(c2ccccc2)C2CCCCC2)cc1. The van der Waals surface area contributed by atoms with E-state index in [9.17, 15) is 0 Å². The van der Waals surface area contributed by atoms with E-state index in [1.54, 1.807) is 21.2 Å². The van der Waals surface area contributed by atoms with Crippen LogP contribution in [0.5, 0.6) is 0 Å². The van der Waals surface area contributed by atoms with Gasteiger partial charge in [0.15, 0.2) is 0 Å². The molecule has 39 heavy (non-hydrogen) atoms. The summed E-state index contributed by atoms with van der Waals surface area (Å²) in [6, 6.07) is 47.7. The third kappa shape index (κ3) is 5.46. The van der Waals surface area contributed by atoms with Crippen molar-refractivity contribution in [2.75, 3.05) is 0 Å². The maximum atomic E-state index is 2.52. The summed E-state index contributed by atoms with van der Waals surface area (Å²) in [5, 5.41) is 6.68. The van der Waals surface area contributed by atoms with Gasteiger partial charge in [-0.2, -0.15) is 0 Å². The molecule has 2 fully saturated rings. The molecule has 0 spiro atoms. The van der Waals surface area contributed by atoms with E-state index >= 15 is 0 Å². The Bertz CT molecular complexity index is 1100. The molecule has 207 valence electrons. The molecule has 2 aliphatic rings. The van der Waals surface area contributed by atoms with Crippen molar-refractivity contribution in [2.45, 2.75) is 75.5 Å². The third-order valence-electron chi connectivity index (χ3n) is 9.29.